The van der Waals surface area contributed by atoms with Crippen LogP contribution in [0.3, 0.4) is 0 Å². The molecule has 0 spiro atoms. The summed E-state index contributed by atoms with van der Waals surface area (Å²) in [6.45, 7) is 3.86. The molecule has 18 heteroatoms. The van der Waals surface area contributed by atoms with E-state index in [0.29, 0.717) is 66.0 Å². The topological polar surface area (TPSA) is 250 Å². The van der Waals surface area contributed by atoms with Gasteiger partial charge in [0.05, 0.1) is 138 Å². The zero-order valence-corrected chi connectivity index (χ0v) is 26.5. The van der Waals surface area contributed by atoms with Crippen LogP contribution in [0.4, 0.5) is 0 Å². The van der Waals surface area contributed by atoms with Gasteiger partial charge in [-0.3, -0.25) is 19.2 Å². The number of carboxylic acids is 3. The molecule has 0 saturated carbocycles. The molecule has 0 fully saturated rings. The van der Waals surface area contributed by atoms with Crippen molar-refractivity contribution in [3.63, 3.8) is 0 Å². The van der Waals surface area contributed by atoms with Crippen LogP contribution in [-0.2, 0) is 61.8 Å². The van der Waals surface area contributed by atoms with Crippen molar-refractivity contribution >= 4 is 23.8 Å². The molecular formula is C28H52N2O16. The summed E-state index contributed by atoms with van der Waals surface area (Å²) in [6.07, 6.45) is -0.922. The maximum atomic E-state index is 12.7. The van der Waals surface area contributed by atoms with Crippen molar-refractivity contribution in [1.29, 1.82) is 0 Å². The number of amides is 1. The molecule has 0 aliphatic carbocycles. The molecule has 0 saturated heterocycles. The first-order valence-electron chi connectivity index (χ1n) is 15.1. The zero-order chi connectivity index (χ0) is 34.1. The number of hydrogen-bond donors (Lipinski definition) is 5. The summed E-state index contributed by atoms with van der Waals surface area (Å²) in [4.78, 5) is 45.3. The van der Waals surface area contributed by atoms with Crippen LogP contribution in [0.5, 0.6) is 0 Å². The van der Waals surface area contributed by atoms with Crippen molar-refractivity contribution in [1.82, 2.24) is 5.32 Å². The fourth-order valence-electron chi connectivity index (χ4n) is 3.32. The average molecular weight is 673 g/mol. The first-order valence-corrected chi connectivity index (χ1v) is 15.1. The maximum Gasteiger partial charge on any atom is 0.305 e. The largest absolute Gasteiger partial charge is 0.481 e. The van der Waals surface area contributed by atoms with Gasteiger partial charge in [-0.15, -0.1) is 0 Å². The molecule has 0 aliphatic rings. The van der Waals surface area contributed by atoms with Gasteiger partial charge in [0.2, 0.25) is 5.91 Å². The molecule has 0 aromatic rings. The Morgan fingerprint density at radius 2 is 0.717 bits per heavy atom. The van der Waals surface area contributed by atoms with Crippen LogP contribution in [0.15, 0.2) is 0 Å². The molecule has 1 amide bonds. The van der Waals surface area contributed by atoms with E-state index in [9.17, 15) is 19.2 Å². The van der Waals surface area contributed by atoms with Gasteiger partial charge in [0.1, 0.15) is 5.54 Å². The lowest BCUT2D eigenvalue weighted by molar-refractivity contribution is -0.140. The Bertz CT molecular complexity index is 734. The van der Waals surface area contributed by atoms with E-state index < -0.39 is 29.4 Å². The second kappa shape index (κ2) is 31.1. The Hall–Kier alpha value is -2.52. The van der Waals surface area contributed by atoms with E-state index in [1.54, 1.807) is 0 Å². The summed E-state index contributed by atoms with van der Waals surface area (Å²) in [5.41, 5.74) is 3.98. The Labute approximate surface area is 269 Å². The summed E-state index contributed by atoms with van der Waals surface area (Å²) in [5.74, 6) is -3.71. The minimum absolute atomic E-state index is 0.0582. The van der Waals surface area contributed by atoms with Crippen LogP contribution in [0.2, 0.25) is 0 Å². The first-order chi connectivity index (χ1) is 22.2. The minimum Gasteiger partial charge on any atom is -0.481 e. The van der Waals surface area contributed by atoms with E-state index in [0.717, 1.165) is 0 Å². The van der Waals surface area contributed by atoms with Crippen LogP contribution in [0.1, 0.15) is 25.7 Å². The van der Waals surface area contributed by atoms with E-state index >= 15 is 0 Å². The monoisotopic (exact) mass is 672 g/mol. The molecule has 0 aromatic carbocycles. The van der Waals surface area contributed by atoms with Crippen LogP contribution < -0.4 is 11.1 Å². The number of ether oxygens (including phenoxy) is 9. The first kappa shape index (κ1) is 43.5. The number of hydrogen-bond acceptors (Lipinski definition) is 14. The van der Waals surface area contributed by atoms with Gasteiger partial charge in [-0.05, 0) is 0 Å². The molecule has 46 heavy (non-hydrogen) atoms. The summed E-state index contributed by atoms with van der Waals surface area (Å²) >= 11 is 0. The molecule has 0 aliphatic heterocycles. The number of carboxylic acid groups (broad SMARTS) is 3. The van der Waals surface area contributed by atoms with Gasteiger partial charge in [-0.1, -0.05) is 0 Å². The van der Waals surface area contributed by atoms with Gasteiger partial charge >= 0.3 is 17.9 Å². The third kappa shape index (κ3) is 30.2. The van der Waals surface area contributed by atoms with Gasteiger partial charge in [-0.25, -0.2) is 0 Å². The maximum absolute atomic E-state index is 12.7. The second-order valence-electron chi connectivity index (χ2n) is 9.63. The van der Waals surface area contributed by atoms with E-state index in [1.807, 2.05) is 0 Å². The summed E-state index contributed by atoms with van der Waals surface area (Å²) in [5, 5.41) is 29.4. The normalized spacial score (nSPS) is 11.5. The number of nitrogens with two attached hydrogens (primary N) is 1. The Balaban J connectivity index is 4.31. The highest BCUT2D eigenvalue weighted by molar-refractivity contribution is 5.77. The van der Waals surface area contributed by atoms with Crippen LogP contribution >= 0.6 is 0 Å². The molecule has 0 heterocycles. The Morgan fingerprint density at radius 3 is 1.02 bits per heavy atom. The molecule has 0 radical (unpaired) electrons. The summed E-state index contributed by atoms with van der Waals surface area (Å²) < 4.78 is 48.6. The van der Waals surface area contributed by atoms with Gasteiger partial charge in [-0.2, -0.15) is 0 Å². The SMILES string of the molecule is NCCOCCOCCOCCOCCOCCOCCC(=O)NC(COCCC(=O)O)(COCCC(=O)O)COCCC(=O)O. The number of nitrogens with one attached hydrogen (secondary N) is 1. The highest BCUT2D eigenvalue weighted by Crippen LogP contribution is 2.11. The van der Waals surface area contributed by atoms with Crippen molar-refractivity contribution in [2.75, 3.05) is 125 Å². The van der Waals surface area contributed by atoms with Crippen LogP contribution in [-0.4, -0.2) is 170 Å². The number of rotatable bonds is 36. The molecule has 18 nitrogen and oxygen atoms in total. The highest BCUT2D eigenvalue weighted by atomic mass is 16.6. The molecule has 0 rings (SSSR count). The molecule has 0 unspecified atom stereocenters. The van der Waals surface area contributed by atoms with Gasteiger partial charge in [0.25, 0.3) is 0 Å². The Morgan fingerprint density at radius 1 is 0.435 bits per heavy atom. The number of aliphatic carboxylic acids is 3. The molecule has 0 atom stereocenters. The Kier molecular flexibility index (Phi) is 29.4. The van der Waals surface area contributed by atoms with E-state index in [2.05, 4.69) is 5.32 Å². The van der Waals surface area contributed by atoms with E-state index in [-0.39, 0.29) is 85.1 Å². The fraction of sp³-hybridized carbons (Fsp3) is 0.857. The van der Waals surface area contributed by atoms with E-state index in [4.69, 9.17) is 63.7 Å². The highest BCUT2D eigenvalue weighted by Gasteiger charge is 2.34. The van der Waals surface area contributed by atoms with E-state index in [1.165, 1.54) is 0 Å². The predicted octanol–water partition coefficient (Wildman–Crippen LogP) is -1.24. The van der Waals surface area contributed by atoms with Crippen molar-refractivity contribution in [2.45, 2.75) is 31.2 Å². The molecule has 270 valence electrons. The van der Waals surface area contributed by atoms with Gasteiger partial charge in [0.15, 0.2) is 0 Å². The summed E-state index contributed by atoms with van der Waals surface area (Å²) in [7, 11) is 0. The molecular weight excluding hydrogens is 620 g/mol. The smallest absolute Gasteiger partial charge is 0.305 e. The number of carbonyl (C=O) groups excluding carboxylic acids is 1. The molecule has 6 N–H and O–H groups in total. The van der Waals surface area contributed by atoms with Gasteiger partial charge in [0, 0.05) is 13.0 Å². The van der Waals surface area contributed by atoms with Crippen LogP contribution in [0.25, 0.3) is 0 Å². The standard InChI is InChI=1S/C28H52N2O16/c29-5-10-39-12-14-41-16-18-43-20-19-42-17-15-40-13-11-38-6-1-24(31)30-28(21-44-7-2-25(32)33,22-45-8-3-26(34)35)23-46-9-4-27(36)37/h1-23,29H2,(H,30,31)(H,32,33)(H,34,35)(H,36,37). The lowest BCUT2D eigenvalue weighted by Crippen LogP contribution is -2.59. The quantitative estimate of drug-likeness (QED) is 0.0488. The predicted molar refractivity (Wildman–Crippen MR) is 159 cm³/mol. The zero-order valence-electron chi connectivity index (χ0n) is 26.5. The van der Waals surface area contributed by atoms with Gasteiger partial charge < -0.3 is 69.0 Å². The van der Waals surface area contributed by atoms with Crippen molar-refractivity contribution in [3.05, 3.63) is 0 Å². The third-order valence-electron chi connectivity index (χ3n) is 5.52. The lowest BCUT2D eigenvalue weighted by atomic mass is 10.0. The van der Waals surface area contributed by atoms with Crippen molar-refractivity contribution < 1.29 is 77.1 Å². The van der Waals surface area contributed by atoms with Crippen molar-refractivity contribution in [2.24, 2.45) is 5.73 Å². The fourth-order valence-corrected chi connectivity index (χ4v) is 3.32. The molecule has 0 aromatic heterocycles. The lowest BCUT2D eigenvalue weighted by Gasteiger charge is -2.34. The van der Waals surface area contributed by atoms with Crippen LogP contribution in [0, 0.1) is 0 Å². The second-order valence-corrected chi connectivity index (χ2v) is 9.63. The molecule has 0 bridgehead atoms. The number of carbonyl (C=O) groups is 4. The van der Waals surface area contributed by atoms with Crippen molar-refractivity contribution in [3.8, 4) is 0 Å². The minimum atomic E-state index is -1.34. The average Bonchev–Trinajstić information content (AvgIpc) is 3.00. The summed E-state index contributed by atoms with van der Waals surface area (Å²) in [6, 6.07) is 0. The third-order valence-corrected chi connectivity index (χ3v) is 5.52.